The predicted molar refractivity (Wildman–Crippen MR) is 84.8 cm³/mol. The van der Waals surface area contributed by atoms with Gasteiger partial charge in [-0.15, -0.1) is 11.6 Å². The van der Waals surface area contributed by atoms with Gasteiger partial charge in [0.05, 0.1) is 23.8 Å². The average molecular weight is 326 g/mol. The molecule has 0 aliphatic rings. The monoisotopic (exact) mass is 325 g/mol. The van der Waals surface area contributed by atoms with Gasteiger partial charge in [0.25, 0.3) is 0 Å². The summed E-state index contributed by atoms with van der Waals surface area (Å²) in [5.74, 6) is 1.06. The molecule has 0 amide bonds. The summed E-state index contributed by atoms with van der Waals surface area (Å²) in [7, 11) is -3.37. The fourth-order valence-corrected chi connectivity index (χ4v) is 3.07. The summed E-state index contributed by atoms with van der Waals surface area (Å²) in [4.78, 5) is 8.34. The Balaban J connectivity index is 2.03. The van der Waals surface area contributed by atoms with Gasteiger partial charge in [-0.25, -0.2) is 18.4 Å². The van der Waals surface area contributed by atoms with E-state index in [1.165, 1.54) is 12.4 Å². The number of anilines is 1. The number of hydrogen-bond donors (Lipinski definition) is 1. The molecule has 1 N–H and O–H groups in total. The number of aromatic nitrogens is 2. The quantitative estimate of drug-likeness (QED) is 0.627. The van der Waals surface area contributed by atoms with Crippen LogP contribution in [0.5, 0.6) is 0 Å². The summed E-state index contributed by atoms with van der Waals surface area (Å²) >= 11 is 5.53. The first kappa shape index (κ1) is 15.7. The van der Waals surface area contributed by atoms with Crippen LogP contribution >= 0.6 is 11.6 Å². The number of nitrogens with one attached hydrogen (secondary N) is 1. The van der Waals surface area contributed by atoms with Gasteiger partial charge < -0.3 is 0 Å². The number of sulfonamides is 1. The van der Waals surface area contributed by atoms with E-state index in [-0.39, 0.29) is 5.75 Å². The highest BCUT2D eigenvalue weighted by Gasteiger charge is 2.10. The van der Waals surface area contributed by atoms with Gasteiger partial charge in [0, 0.05) is 11.4 Å². The van der Waals surface area contributed by atoms with Crippen molar-refractivity contribution in [3.05, 3.63) is 42.7 Å². The highest BCUT2D eigenvalue weighted by molar-refractivity contribution is 7.92. The third-order valence-electron chi connectivity index (χ3n) is 2.75. The lowest BCUT2D eigenvalue weighted by atomic mass is 10.2. The van der Waals surface area contributed by atoms with Crippen LogP contribution in [0.3, 0.4) is 0 Å². The second kappa shape index (κ2) is 7.38. The van der Waals surface area contributed by atoms with Crippen LogP contribution in [0.2, 0.25) is 0 Å². The Kier molecular flexibility index (Phi) is 5.52. The topological polar surface area (TPSA) is 72.0 Å². The predicted octanol–water partition coefficient (Wildman–Crippen LogP) is 2.90. The Morgan fingerprint density at radius 1 is 1.05 bits per heavy atom. The molecule has 0 spiro atoms. The molecule has 21 heavy (non-hydrogen) atoms. The third kappa shape index (κ3) is 4.99. The van der Waals surface area contributed by atoms with Crippen molar-refractivity contribution >= 4 is 27.3 Å². The lowest BCUT2D eigenvalue weighted by molar-refractivity contribution is 0.598. The lowest BCUT2D eigenvalue weighted by Crippen LogP contribution is -2.17. The summed E-state index contributed by atoms with van der Waals surface area (Å²) in [5, 5.41) is 0. The van der Waals surface area contributed by atoms with E-state index >= 15 is 0 Å². The van der Waals surface area contributed by atoms with Crippen LogP contribution in [-0.4, -0.2) is 30.0 Å². The number of rotatable bonds is 7. The summed E-state index contributed by atoms with van der Waals surface area (Å²) in [6.07, 6.45) is 4.14. The molecule has 5 nitrogen and oxygen atoms in total. The van der Waals surface area contributed by atoms with Gasteiger partial charge in [0.15, 0.2) is 5.82 Å². The molecule has 112 valence electrons. The first-order valence-electron chi connectivity index (χ1n) is 6.55. The van der Waals surface area contributed by atoms with Crippen LogP contribution in [0.1, 0.15) is 12.8 Å². The molecule has 0 saturated carbocycles. The van der Waals surface area contributed by atoms with Gasteiger partial charge in [-0.05, 0) is 12.8 Å². The minimum atomic E-state index is -3.37. The Bertz CT molecular complexity index is 660. The highest BCUT2D eigenvalue weighted by Crippen LogP contribution is 2.15. The molecule has 0 atom stereocenters. The molecule has 1 aromatic heterocycles. The lowest BCUT2D eigenvalue weighted by Gasteiger charge is -2.07. The zero-order valence-corrected chi connectivity index (χ0v) is 12.9. The smallest absolute Gasteiger partial charge is 0.232 e. The van der Waals surface area contributed by atoms with Gasteiger partial charge >= 0.3 is 0 Å². The molecule has 0 aliphatic heterocycles. The maximum atomic E-state index is 11.8. The van der Waals surface area contributed by atoms with Crippen molar-refractivity contribution in [2.75, 3.05) is 16.4 Å². The van der Waals surface area contributed by atoms with Crippen molar-refractivity contribution in [2.45, 2.75) is 12.8 Å². The van der Waals surface area contributed by atoms with E-state index in [1.807, 2.05) is 30.3 Å². The summed E-state index contributed by atoms with van der Waals surface area (Å²) < 4.78 is 26.1. The molecule has 1 aromatic carbocycles. The SMILES string of the molecule is O=S(=O)(CCCCCl)Nc1cnc(-c2ccccc2)nc1. The van der Waals surface area contributed by atoms with Gasteiger partial charge in [0.1, 0.15) is 0 Å². The molecule has 2 aromatic rings. The molecule has 0 unspecified atom stereocenters. The summed E-state index contributed by atoms with van der Waals surface area (Å²) in [6.45, 7) is 0. The van der Waals surface area contributed by atoms with Gasteiger partial charge in [0.2, 0.25) is 10.0 Å². The van der Waals surface area contributed by atoms with E-state index in [1.54, 1.807) is 0 Å². The zero-order chi connectivity index (χ0) is 15.1. The minimum Gasteiger partial charge on any atom is -0.280 e. The number of hydrogen-bond acceptors (Lipinski definition) is 4. The molecule has 0 fully saturated rings. The number of benzene rings is 1. The van der Waals surface area contributed by atoms with Gasteiger partial charge in [-0.3, -0.25) is 4.72 Å². The van der Waals surface area contributed by atoms with Crippen LogP contribution in [0.4, 0.5) is 5.69 Å². The van der Waals surface area contributed by atoms with Crippen molar-refractivity contribution in [2.24, 2.45) is 0 Å². The van der Waals surface area contributed by atoms with Gasteiger partial charge in [-0.2, -0.15) is 0 Å². The fourth-order valence-electron chi connectivity index (χ4n) is 1.73. The molecule has 2 rings (SSSR count). The average Bonchev–Trinajstić information content (AvgIpc) is 2.49. The van der Waals surface area contributed by atoms with Crippen LogP contribution < -0.4 is 4.72 Å². The van der Waals surface area contributed by atoms with E-state index in [0.717, 1.165) is 5.56 Å². The van der Waals surface area contributed by atoms with E-state index in [0.29, 0.717) is 30.2 Å². The Morgan fingerprint density at radius 2 is 1.71 bits per heavy atom. The molecule has 0 bridgehead atoms. The Labute approximate surface area is 129 Å². The molecule has 7 heteroatoms. The number of nitrogens with zero attached hydrogens (tertiary/aromatic N) is 2. The van der Waals surface area contributed by atoms with Crippen molar-refractivity contribution in [3.8, 4) is 11.4 Å². The maximum absolute atomic E-state index is 11.8. The largest absolute Gasteiger partial charge is 0.280 e. The Hall–Kier alpha value is -1.66. The third-order valence-corrected chi connectivity index (χ3v) is 4.39. The normalized spacial score (nSPS) is 11.3. The van der Waals surface area contributed by atoms with Crippen LogP contribution in [0.25, 0.3) is 11.4 Å². The van der Waals surface area contributed by atoms with Crippen LogP contribution in [0.15, 0.2) is 42.7 Å². The standard InChI is InChI=1S/C14H16ClN3O2S/c15-8-4-5-9-21(19,20)18-13-10-16-14(17-11-13)12-6-2-1-3-7-12/h1-3,6-7,10-11,18H,4-5,8-9H2. The number of halogens is 1. The molecule has 0 radical (unpaired) electrons. The van der Waals surface area contributed by atoms with E-state index < -0.39 is 10.0 Å². The highest BCUT2D eigenvalue weighted by atomic mass is 35.5. The van der Waals surface area contributed by atoms with Crippen LogP contribution in [-0.2, 0) is 10.0 Å². The maximum Gasteiger partial charge on any atom is 0.232 e. The zero-order valence-electron chi connectivity index (χ0n) is 11.4. The van der Waals surface area contributed by atoms with E-state index in [2.05, 4.69) is 14.7 Å². The number of unbranched alkanes of at least 4 members (excludes halogenated alkanes) is 1. The van der Waals surface area contributed by atoms with E-state index in [4.69, 9.17) is 11.6 Å². The second-order valence-electron chi connectivity index (χ2n) is 4.48. The van der Waals surface area contributed by atoms with Crippen molar-refractivity contribution in [1.29, 1.82) is 0 Å². The van der Waals surface area contributed by atoms with Crippen molar-refractivity contribution < 1.29 is 8.42 Å². The fraction of sp³-hybridized carbons (Fsp3) is 0.286. The number of alkyl halides is 1. The van der Waals surface area contributed by atoms with Crippen LogP contribution in [0, 0.1) is 0 Å². The minimum absolute atomic E-state index is 0.0418. The molecule has 1 heterocycles. The molecule has 0 aliphatic carbocycles. The van der Waals surface area contributed by atoms with Crippen molar-refractivity contribution in [1.82, 2.24) is 9.97 Å². The first-order valence-corrected chi connectivity index (χ1v) is 8.73. The van der Waals surface area contributed by atoms with Crippen molar-refractivity contribution in [3.63, 3.8) is 0 Å². The summed E-state index contributed by atoms with van der Waals surface area (Å²) in [6, 6.07) is 9.49. The van der Waals surface area contributed by atoms with E-state index in [9.17, 15) is 8.42 Å². The molecular formula is C14H16ClN3O2S. The molecule has 0 saturated heterocycles. The second-order valence-corrected chi connectivity index (χ2v) is 6.70. The molecular weight excluding hydrogens is 310 g/mol. The summed E-state index contributed by atoms with van der Waals surface area (Å²) in [5.41, 5.74) is 1.24. The van der Waals surface area contributed by atoms with Gasteiger partial charge in [-0.1, -0.05) is 30.3 Å². The Morgan fingerprint density at radius 3 is 2.33 bits per heavy atom. The first-order chi connectivity index (χ1) is 10.1.